The van der Waals surface area contributed by atoms with Crippen molar-refractivity contribution < 1.29 is 4.79 Å². The fourth-order valence-corrected chi connectivity index (χ4v) is 2.79. The van der Waals surface area contributed by atoms with E-state index in [9.17, 15) is 4.79 Å². The average molecular weight is 267 g/mol. The number of hydrogen-bond acceptors (Lipinski definition) is 2. The minimum Gasteiger partial charge on any atom is -0.324 e. The molecule has 1 aliphatic carbocycles. The summed E-state index contributed by atoms with van der Waals surface area (Å²) < 4.78 is 0. The van der Waals surface area contributed by atoms with Crippen molar-refractivity contribution in [1.82, 2.24) is 4.98 Å². The number of pyridine rings is 1. The van der Waals surface area contributed by atoms with E-state index in [0.717, 1.165) is 43.4 Å². The summed E-state index contributed by atoms with van der Waals surface area (Å²) >= 11 is 5.88. The van der Waals surface area contributed by atoms with E-state index in [1.807, 2.05) is 13.0 Å². The summed E-state index contributed by atoms with van der Waals surface area (Å²) in [7, 11) is 0. The quantitative estimate of drug-likeness (QED) is 0.842. The van der Waals surface area contributed by atoms with Gasteiger partial charge in [-0.2, -0.15) is 0 Å². The summed E-state index contributed by atoms with van der Waals surface area (Å²) in [5, 5.41) is 3.47. The van der Waals surface area contributed by atoms with Gasteiger partial charge in [0, 0.05) is 5.41 Å². The van der Waals surface area contributed by atoms with Crippen LogP contribution in [0.25, 0.3) is 0 Å². The Morgan fingerprint density at radius 1 is 1.50 bits per heavy atom. The molecule has 0 saturated heterocycles. The van der Waals surface area contributed by atoms with Crippen LogP contribution in [0, 0.1) is 12.3 Å². The monoisotopic (exact) mass is 266 g/mol. The van der Waals surface area contributed by atoms with Crippen LogP contribution < -0.4 is 5.32 Å². The van der Waals surface area contributed by atoms with Crippen molar-refractivity contribution in [3.8, 4) is 0 Å². The van der Waals surface area contributed by atoms with Crippen molar-refractivity contribution in [3.05, 3.63) is 23.0 Å². The Morgan fingerprint density at radius 2 is 2.17 bits per heavy atom. The van der Waals surface area contributed by atoms with Crippen molar-refractivity contribution >= 4 is 23.2 Å². The average Bonchev–Trinajstić information content (AvgIpc) is 2.84. The first kappa shape index (κ1) is 13.3. The highest BCUT2D eigenvalue weighted by Gasteiger charge is 2.39. The SMILES string of the molecule is CCC1(C(=O)Nc2cnc(Cl)c(C)c2)CCCC1. The van der Waals surface area contributed by atoms with Gasteiger partial charge in [0.05, 0.1) is 11.9 Å². The number of carbonyl (C=O) groups excluding carboxylic acids is 1. The van der Waals surface area contributed by atoms with E-state index in [2.05, 4.69) is 17.2 Å². The number of halogens is 1. The van der Waals surface area contributed by atoms with Crippen LogP contribution in [0.5, 0.6) is 0 Å². The highest BCUT2D eigenvalue weighted by atomic mass is 35.5. The molecule has 18 heavy (non-hydrogen) atoms. The summed E-state index contributed by atoms with van der Waals surface area (Å²) in [6.07, 6.45) is 6.81. The van der Waals surface area contributed by atoms with Crippen LogP contribution in [-0.4, -0.2) is 10.9 Å². The van der Waals surface area contributed by atoms with Crippen LogP contribution in [-0.2, 0) is 4.79 Å². The first-order chi connectivity index (χ1) is 8.57. The third kappa shape index (κ3) is 2.51. The maximum Gasteiger partial charge on any atom is 0.230 e. The lowest BCUT2D eigenvalue weighted by Gasteiger charge is -2.26. The first-order valence-electron chi connectivity index (χ1n) is 6.51. The van der Waals surface area contributed by atoms with Gasteiger partial charge in [0.2, 0.25) is 5.91 Å². The predicted octanol–water partition coefficient (Wildman–Crippen LogP) is 3.95. The molecular weight excluding hydrogens is 248 g/mol. The van der Waals surface area contributed by atoms with Gasteiger partial charge in [-0.25, -0.2) is 4.98 Å². The van der Waals surface area contributed by atoms with Crippen molar-refractivity contribution in [2.45, 2.75) is 46.0 Å². The number of rotatable bonds is 3. The van der Waals surface area contributed by atoms with Crippen LogP contribution in [0.15, 0.2) is 12.3 Å². The number of aryl methyl sites for hydroxylation is 1. The third-order valence-corrected chi connectivity index (χ3v) is 4.39. The number of amides is 1. The van der Waals surface area contributed by atoms with Gasteiger partial charge in [-0.15, -0.1) is 0 Å². The van der Waals surface area contributed by atoms with E-state index in [1.165, 1.54) is 0 Å². The van der Waals surface area contributed by atoms with Crippen LogP contribution in [0.1, 0.15) is 44.6 Å². The molecule has 3 nitrogen and oxygen atoms in total. The predicted molar refractivity (Wildman–Crippen MR) is 73.8 cm³/mol. The Kier molecular flexibility index (Phi) is 3.91. The van der Waals surface area contributed by atoms with E-state index in [-0.39, 0.29) is 11.3 Å². The zero-order valence-corrected chi connectivity index (χ0v) is 11.7. The standard InChI is InChI=1S/C14H19ClN2O/c1-3-14(6-4-5-7-14)13(18)17-11-8-10(2)12(15)16-9-11/h8-9H,3-7H2,1-2H3,(H,17,18). The Labute approximate surface area is 113 Å². The minimum atomic E-state index is -0.173. The molecule has 0 atom stereocenters. The highest BCUT2D eigenvalue weighted by Crippen LogP contribution is 2.41. The van der Waals surface area contributed by atoms with E-state index in [0.29, 0.717) is 5.15 Å². The lowest BCUT2D eigenvalue weighted by Crippen LogP contribution is -2.33. The summed E-state index contributed by atoms with van der Waals surface area (Å²) in [6, 6.07) is 1.87. The molecule has 0 unspecified atom stereocenters. The van der Waals surface area contributed by atoms with Crippen molar-refractivity contribution in [3.63, 3.8) is 0 Å². The molecule has 1 aromatic rings. The second-order valence-corrected chi connectivity index (χ2v) is 5.48. The van der Waals surface area contributed by atoms with E-state index in [4.69, 9.17) is 11.6 Å². The molecule has 98 valence electrons. The molecule has 0 spiro atoms. The lowest BCUT2D eigenvalue weighted by atomic mass is 9.82. The maximum absolute atomic E-state index is 12.4. The first-order valence-corrected chi connectivity index (χ1v) is 6.89. The zero-order chi connectivity index (χ0) is 13.2. The Morgan fingerprint density at radius 3 is 2.72 bits per heavy atom. The van der Waals surface area contributed by atoms with Gasteiger partial charge in [0.15, 0.2) is 0 Å². The van der Waals surface area contributed by atoms with Gasteiger partial charge in [-0.3, -0.25) is 4.79 Å². The lowest BCUT2D eigenvalue weighted by molar-refractivity contribution is -0.125. The van der Waals surface area contributed by atoms with E-state index >= 15 is 0 Å². The summed E-state index contributed by atoms with van der Waals surface area (Å²) in [5.74, 6) is 0.131. The molecule has 1 N–H and O–H groups in total. The van der Waals surface area contributed by atoms with Crippen molar-refractivity contribution in [2.24, 2.45) is 5.41 Å². The van der Waals surface area contributed by atoms with Crippen LogP contribution in [0.4, 0.5) is 5.69 Å². The highest BCUT2D eigenvalue weighted by molar-refractivity contribution is 6.30. The van der Waals surface area contributed by atoms with Gasteiger partial charge in [0.1, 0.15) is 5.15 Å². The number of carbonyl (C=O) groups is 1. The molecule has 1 fully saturated rings. The van der Waals surface area contributed by atoms with Gasteiger partial charge < -0.3 is 5.32 Å². The largest absolute Gasteiger partial charge is 0.324 e. The maximum atomic E-state index is 12.4. The number of anilines is 1. The Hall–Kier alpha value is -1.09. The van der Waals surface area contributed by atoms with Crippen LogP contribution in [0.2, 0.25) is 5.15 Å². The normalized spacial score (nSPS) is 17.7. The second kappa shape index (κ2) is 5.27. The van der Waals surface area contributed by atoms with E-state index < -0.39 is 0 Å². The molecule has 1 heterocycles. The molecule has 1 aromatic heterocycles. The molecule has 1 saturated carbocycles. The molecule has 0 radical (unpaired) electrons. The topological polar surface area (TPSA) is 42.0 Å². The van der Waals surface area contributed by atoms with Crippen LogP contribution >= 0.6 is 11.6 Å². The third-order valence-electron chi connectivity index (χ3n) is 3.99. The Balaban J connectivity index is 2.13. The van der Waals surface area contributed by atoms with Crippen LogP contribution in [0.3, 0.4) is 0 Å². The number of hydrogen-bond donors (Lipinski definition) is 1. The molecule has 4 heteroatoms. The smallest absolute Gasteiger partial charge is 0.230 e. The molecule has 2 rings (SSSR count). The fraction of sp³-hybridized carbons (Fsp3) is 0.571. The molecule has 0 bridgehead atoms. The van der Waals surface area contributed by atoms with Crippen molar-refractivity contribution in [2.75, 3.05) is 5.32 Å². The van der Waals surface area contributed by atoms with Gasteiger partial charge in [0.25, 0.3) is 0 Å². The Bertz CT molecular complexity index is 453. The molecule has 1 amide bonds. The second-order valence-electron chi connectivity index (χ2n) is 5.13. The van der Waals surface area contributed by atoms with Gasteiger partial charge >= 0.3 is 0 Å². The molecule has 0 aliphatic heterocycles. The molecule has 0 aromatic carbocycles. The fourth-order valence-electron chi connectivity index (χ4n) is 2.68. The minimum absolute atomic E-state index is 0.131. The van der Waals surface area contributed by atoms with Crippen molar-refractivity contribution in [1.29, 1.82) is 0 Å². The van der Waals surface area contributed by atoms with E-state index in [1.54, 1.807) is 6.20 Å². The summed E-state index contributed by atoms with van der Waals surface area (Å²) in [6.45, 7) is 3.98. The van der Waals surface area contributed by atoms with Gasteiger partial charge in [-0.1, -0.05) is 31.4 Å². The molecular formula is C14H19ClN2O. The summed E-state index contributed by atoms with van der Waals surface area (Å²) in [4.78, 5) is 16.4. The summed E-state index contributed by atoms with van der Waals surface area (Å²) in [5.41, 5.74) is 1.45. The molecule has 1 aliphatic rings. The number of aromatic nitrogens is 1. The van der Waals surface area contributed by atoms with Gasteiger partial charge in [-0.05, 0) is 37.8 Å². The number of nitrogens with zero attached hydrogens (tertiary/aromatic N) is 1. The zero-order valence-electron chi connectivity index (χ0n) is 10.9. The number of nitrogens with one attached hydrogen (secondary N) is 1.